The standard InChI is InChI=1S/C18H30N2/c1-17(16-20-13-7-8-14-20)15-19-12-6-5-11-18-9-3-2-4-10-18/h2-4,9-10,17,19H,5-8,11-16H2,1H3. The summed E-state index contributed by atoms with van der Waals surface area (Å²) in [7, 11) is 0. The quantitative estimate of drug-likeness (QED) is 0.695. The highest BCUT2D eigenvalue weighted by atomic mass is 15.1. The van der Waals surface area contributed by atoms with E-state index in [2.05, 4.69) is 47.5 Å². The minimum atomic E-state index is 0.780. The van der Waals surface area contributed by atoms with E-state index in [9.17, 15) is 0 Å². The van der Waals surface area contributed by atoms with Crippen molar-refractivity contribution >= 4 is 0 Å². The van der Waals surface area contributed by atoms with Gasteiger partial charge >= 0.3 is 0 Å². The molecule has 2 nitrogen and oxygen atoms in total. The average Bonchev–Trinajstić information content (AvgIpc) is 2.96. The molecule has 1 aromatic carbocycles. The molecule has 1 aliphatic heterocycles. The lowest BCUT2D eigenvalue weighted by molar-refractivity contribution is 0.282. The maximum atomic E-state index is 3.62. The number of hydrogen-bond donors (Lipinski definition) is 1. The third-order valence-corrected chi connectivity index (χ3v) is 4.17. The van der Waals surface area contributed by atoms with Gasteiger partial charge in [0.15, 0.2) is 0 Å². The smallest absolute Gasteiger partial charge is 0.00191 e. The SMILES string of the molecule is CC(CNCCCCc1ccccc1)CN1CCCC1. The number of nitrogens with one attached hydrogen (secondary N) is 1. The minimum absolute atomic E-state index is 0.780. The highest BCUT2D eigenvalue weighted by Gasteiger charge is 2.13. The second-order valence-electron chi connectivity index (χ2n) is 6.26. The number of benzene rings is 1. The lowest BCUT2D eigenvalue weighted by Gasteiger charge is -2.20. The van der Waals surface area contributed by atoms with Crippen LogP contribution in [0, 0.1) is 5.92 Å². The van der Waals surface area contributed by atoms with E-state index in [-0.39, 0.29) is 0 Å². The van der Waals surface area contributed by atoms with Gasteiger partial charge in [-0.2, -0.15) is 0 Å². The van der Waals surface area contributed by atoms with Crippen molar-refractivity contribution in [2.45, 2.75) is 39.0 Å². The van der Waals surface area contributed by atoms with Crippen molar-refractivity contribution in [1.82, 2.24) is 10.2 Å². The fraction of sp³-hybridized carbons (Fsp3) is 0.667. The maximum absolute atomic E-state index is 3.62. The van der Waals surface area contributed by atoms with Crippen molar-refractivity contribution in [3.63, 3.8) is 0 Å². The van der Waals surface area contributed by atoms with Crippen LogP contribution in [-0.2, 0) is 6.42 Å². The van der Waals surface area contributed by atoms with E-state index >= 15 is 0 Å². The van der Waals surface area contributed by atoms with E-state index in [0.717, 1.165) is 12.5 Å². The molecule has 2 rings (SSSR count). The Balaban J connectivity index is 1.45. The molecule has 1 N–H and O–H groups in total. The lowest BCUT2D eigenvalue weighted by atomic mass is 10.1. The normalized spacial score (nSPS) is 17.4. The summed E-state index contributed by atoms with van der Waals surface area (Å²) >= 11 is 0. The molecule has 112 valence electrons. The highest BCUT2D eigenvalue weighted by Crippen LogP contribution is 2.09. The first-order valence-corrected chi connectivity index (χ1v) is 8.31. The molecule has 1 aromatic rings. The molecule has 1 heterocycles. The predicted molar refractivity (Wildman–Crippen MR) is 87.1 cm³/mol. The van der Waals surface area contributed by atoms with Crippen LogP contribution in [0.3, 0.4) is 0 Å². The van der Waals surface area contributed by atoms with E-state index in [4.69, 9.17) is 0 Å². The van der Waals surface area contributed by atoms with Crippen molar-refractivity contribution in [3.8, 4) is 0 Å². The molecule has 1 atom stereocenters. The molecule has 0 saturated carbocycles. The summed E-state index contributed by atoms with van der Waals surface area (Å²) in [5.74, 6) is 0.780. The van der Waals surface area contributed by atoms with E-state index < -0.39 is 0 Å². The summed E-state index contributed by atoms with van der Waals surface area (Å²) in [5.41, 5.74) is 1.47. The van der Waals surface area contributed by atoms with Gasteiger partial charge in [0, 0.05) is 6.54 Å². The Kier molecular flexibility index (Phi) is 7.10. The fourth-order valence-electron chi connectivity index (χ4n) is 3.04. The third kappa shape index (κ3) is 6.06. The number of hydrogen-bond acceptors (Lipinski definition) is 2. The number of likely N-dealkylation sites (tertiary alicyclic amines) is 1. The fourth-order valence-corrected chi connectivity index (χ4v) is 3.04. The van der Waals surface area contributed by atoms with Crippen LogP contribution in [0.5, 0.6) is 0 Å². The number of nitrogens with zero attached hydrogens (tertiary/aromatic N) is 1. The van der Waals surface area contributed by atoms with Gasteiger partial charge in [-0.3, -0.25) is 0 Å². The van der Waals surface area contributed by atoms with Crippen molar-refractivity contribution in [1.29, 1.82) is 0 Å². The molecule has 2 heteroatoms. The zero-order valence-electron chi connectivity index (χ0n) is 13.0. The summed E-state index contributed by atoms with van der Waals surface area (Å²) in [6.45, 7) is 8.62. The summed E-state index contributed by atoms with van der Waals surface area (Å²) < 4.78 is 0. The van der Waals surface area contributed by atoms with Crippen LogP contribution in [0.15, 0.2) is 30.3 Å². The van der Waals surface area contributed by atoms with Crippen LogP contribution in [0.4, 0.5) is 0 Å². The molecule has 1 saturated heterocycles. The van der Waals surface area contributed by atoms with Crippen LogP contribution >= 0.6 is 0 Å². The van der Waals surface area contributed by atoms with E-state index in [0.29, 0.717) is 0 Å². The van der Waals surface area contributed by atoms with Gasteiger partial charge in [-0.1, -0.05) is 37.3 Å². The van der Waals surface area contributed by atoms with Crippen LogP contribution in [0.1, 0.15) is 38.2 Å². The molecule has 0 aromatic heterocycles. The van der Waals surface area contributed by atoms with Crippen LogP contribution in [-0.4, -0.2) is 37.6 Å². The van der Waals surface area contributed by atoms with Crippen molar-refractivity contribution in [2.75, 3.05) is 32.7 Å². The summed E-state index contributed by atoms with van der Waals surface area (Å²) in [6.07, 6.45) is 6.59. The van der Waals surface area contributed by atoms with Gasteiger partial charge < -0.3 is 10.2 Å². The highest BCUT2D eigenvalue weighted by molar-refractivity contribution is 5.14. The van der Waals surface area contributed by atoms with Gasteiger partial charge in [-0.15, -0.1) is 0 Å². The molecular weight excluding hydrogens is 244 g/mol. The molecule has 0 amide bonds. The largest absolute Gasteiger partial charge is 0.316 e. The van der Waals surface area contributed by atoms with E-state index in [1.807, 2.05) is 0 Å². The van der Waals surface area contributed by atoms with Gasteiger partial charge in [0.1, 0.15) is 0 Å². The third-order valence-electron chi connectivity index (χ3n) is 4.17. The average molecular weight is 274 g/mol. The van der Waals surface area contributed by atoms with Gasteiger partial charge in [-0.05, 0) is 69.8 Å². The molecule has 1 aliphatic rings. The number of unbranched alkanes of at least 4 members (excludes halogenated alkanes) is 1. The predicted octanol–water partition coefficient (Wildman–Crippen LogP) is 3.33. The molecule has 0 bridgehead atoms. The second-order valence-corrected chi connectivity index (χ2v) is 6.26. The molecule has 1 unspecified atom stereocenters. The molecular formula is C18H30N2. The van der Waals surface area contributed by atoms with E-state index in [1.165, 1.54) is 63.8 Å². The van der Waals surface area contributed by atoms with Crippen molar-refractivity contribution in [2.24, 2.45) is 5.92 Å². The summed E-state index contributed by atoms with van der Waals surface area (Å²) in [5, 5.41) is 3.62. The number of aryl methyl sites for hydroxylation is 1. The Morgan fingerprint density at radius 3 is 2.60 bits per heavy atom. The molecule has 1 fully saturated rings. The van der Waals surface area contributed by atoms with Crippen LogP contribution in [0.2, 0.25) is 0 Å². The first kappa shape index (κ1) is 15.5. The molecule has 0 aliphatic carbocycles. The van der Waals surface area contributed by atoms with Crippen LogP contribution in [0.25, 0.3) is 0 Å². The Hall–Kier alpha value is -0.860. The zero-order chi connectivity index (χ0) is 14.0. The zero-order valence-corrected chi connectivity index (χ0v) is 13.0. The lowest BCUT2D eigenvalue weighted by Crippen LogP contribution is -2.32. The van der Waals surface area contributed by atoms with Crippen molar-refractivity contribution < 1.29 is 0 Å². The first-order chi connectivity index (χ1) is 9.84. The van der Waals surface area contributed by atoms with Gasteiger partial charge in [0.25, 0.3) is 0 Å². The Morgan fingerprint density at radius 1 is 1.10 bits per heavy atom. The molecule has 0 radical (unpaired) electrons. The monoisotopic (exact) mass is 274 g/mol. The van der Waals surface area contributed by atoms with Crippen LogP contribution < -0.4 is 5.32 Å². The second kappa shape index (κ2) is 9.15. The Morgan fingerprint density at radius 2 is 1.85 bits per heavy atom. The Labute approximate surface area is 124 Å². The van der Waals surface area contributed by atoms with E-state index in [1.54, 1.807) is 0 Å². The minimum Gasteiger partial charge on any atom is -0.316 e. The first-order valence-electron chi connectivity index (χ1n) is 8.31. The van der Waals surface area contributed by atoms with Gasteiger partial charge in [0.2, 0.25) is 0 Å². The summed E-state index contributed by atoms with van der Waals surface area (Å²) in [6, 6.07) is 10.8. The Bertz CT molecular complexity index is 344. The topological polar surface area (TPSA) is 15.3 Å². The molecule has 0 spiro atoms. The van der Waals surface area contributed by atoms with Crippen molar-refractivity contribution in [3.05, 3.63) is 35.9 Å². The van der Waals surface area contributed by atoms with Gasteiger partial charge in [0.05, 0.1) is 0 Å². The summed E-state index contributed by atoms with van der Waals surface area (Å²) in [4.78, 5) is 2.61. The molecule has 20 heavy (non-hydrogen) atoms. The number of rotatable bonds is 9. The van der Waals surface area contributed by atoms with Gasteiger partial charge in [-0.25, -0.2) is 0 Å². The maximum Gasteiger partial charge on any atom is 0.00191 e.